The maximum atomic E-state index is 11.4. The summed E-state index contributed by atoms with van der Waals surface area (Å²) in [6, 6.07) is 7.71. The second-order valence-electron chi connectivity index (χ2n) is 5.34. The number of ketones is 1. The molecule has 1 aliphatic heterocycles. The van der Waals surface area contributed by atoms with Gasteiger partial charge in [-0.25, -0.2) is 5.48 Å². The highest BCUT2D eigenvalue weighted by Gasteiger charge is 2.18. The zero-order valence-electron chi connectivity index (χ0n) is 12.2. The number of nitrogens with zero attached hydrogens (tertiary/aromatic N) is 2. The summed E-state index contributed by atoms with van der Waals surface area (Å²) in [6.07, 6.45) is 0. The maximum Gasteiger partial charge on any atom is 0.257 e. The number of amides is 1. The molecule has 1 amide bonds. The van der Waals surface area contributed by atoms with Crippen LogP contribution in [-0.2, 0) is 11.3 Å². The Bertz CT molecular complexity index is 511. The summed E-state index contributed by atoms with van der Waals surface area (Å²) in [5.41, 5.74) is 3.52. The van der Waals surface area contributed by atoms with Crippen LogP contribution in [0.3, 0.4) is 0 Å². The van der Waals surface area contributed by atoms with Gasteiger partial charge in [-0.15, -0.1) is 0 Å². The van der Waals surface area contributed by atoms with E-state index in [1.54, 1.807) is 12.4 Å². The first-order valence-electron chi connectivity index (χ1n) is 7.06. The molecule has 0 saturated carbocycles. The molecule has 0 unspecified atom stereocenters. The Kier molecular flexibility index (Phi) is 5.44. The minimum Gasteiger partial charge on any atom is -0.297 e. The van der Waals surface area contributed by atoms with Crippen molar-refractivity contribution in [2.45, 2.75) is 13.5 Å². The van der Waals surface area contributed by atoms with E-state index in [2.05, 4.69) is 4.90 Å². The van der Waals surface area contributed by atoms with Gasteiger partial charge in [-0.1, -0.05) is 18.2 Å². The molecule has 1 aromatic rings. The van der Waals surface area contributed by atoms with Gasteiger partial charge < -0.3 is 0 Å². The molecule has 6 nitrogen and oxygen atoms in total. The predicted octanol–water partition coefficient (Wildman–Crippen LogP) is 0.512. The molecule has 2 rings (SSSR count). The Morgan fingerprint density at radius 2 is 1.86 bits per heavy atom. The number of benzene rings is 1. The van der Waals surface area contributed by atoms with Crippen LogP contribution in [0.5, 0.6) is 0 Å². The van der Waals surface area contributed by atoms with Gasteiger partial charge in [0.25, 0.3) is 5.91 Å². The third-order valence-electron chi connectivity index (χ3n) is 3.70. The van der Waals surface area contributed by atoms with Gasteiger partial charge in [0.1, 0.15) is 0 Å². The van der Waals surface area contributed by atoms with Gasteiger partial charge in [0, 0.05) is 38.3 Å². The molecule has 1 aliphatic rings. The molecule has 0 atom stereocenters. The molecule has 1 saturated heterocycles. The van der Waals surface area contributed by atoms with Crippen molar-refractivity contribution in [1.82, 2.24) is 15.3 Å². The number of piperazine rings is 1. The fourth-order valence-electron chi connectivity index (χ4n) is 2.49. The smallest absolute Gasteiger partial charge is 0.257 e. The Hall–Kier alpha value is -1.76. The average Bonchev–Trinajstić information content (AvgIpc) is 2.49. The highest BCUT2D eigenvalue weighted by Crippen LogP contribution is 2.11. The number of hydrogen-bond acceptors (Lipinski definition) is 5. The lowest BCUT2D eigenvalue weighted by Crippen LogP contribution is -2.48. The predicted molar refractivity (Wildman–Crippen MR) is 78.1 cm³/mol. The average molecular weight is 291 g/mol. The minimum atomic E-state index is -0.377. The van der Waals surface area contributed by atoms with Gasteiger partial charge in [0.2, 0.25) is 0 Å². The van der Waals surface area contributed by atoms with Gasteiger partial charge in [-0.05, 0) is 18.6 Å². The van der Waals surface area contributed by atoms with Crippen molar-refractivity contribution in [3.8, 4) is 0 Å². The highest BCUT2D eigenvalue weighted by molar-refractivity contribution is 5.94. The normalized spacial score (nSPS) is 16.7. The van der Waals surface area contributed by atoms with Crippen molar-refractivity contribution in [1.29, 1.82) is 0 Å². The van der Waals surface area contributed by atoms with Crippen LogP contribution in [0, 0.1) is 0 Å². The van der Waals surface area contributed by atoms with E-state index in [1.807, 2.05) is 29.2 Å². The molecule has 6 heteroatoms. The Morgan fingerprint density at radius 3 is 2.48 bits per heavy atom. The fraction of sp³-hybridized carbons (Fsp3) is 0.467. The van der Waals surface area contributed by atoms with E-state index < -0.39 is 0 Å². The first kappa shape index (κ1) is 15.6. The van der Waals surface area contributed by atoms with E-state index in [1.165, 1.54) is 0 Å². The van der Waals surface area contributed by atoms with E-state index in [0.717, 1.165) is 43.9 Å². The molecule has 0 spiro atoms. The van der Waals surface area contributed by atoms with E-state index in [9.17, 15) is 9.59 Å². The SMILES string of the molecule is CC(=O)c1cccc(CN2CCN(CC(=O)NO)CC2)c1. The quantitative estimate of drug-likeness (QED) is 0.470. The minimum absolute atomic E-state index is 0.0803. The van der Waals surface area contributed by atoms with Crippen LogP contribution in [0.2, 0.25) is 0 Å². The molecule has 0 bridgehead atoms. The van der Waals surface area contributed by atoms with Crippen molar-refractivity contribution in [2.75, 3.05) is 32.7 Å². The molecule has 0 aliphatic carbocycles. The lowest BCUT2D eigenvalue weighted by Gasteiger charge is -2.34. The van der Waals surface area contributed by atoms with Crippen LogP contribution in [-0.4, -0.2) is 59.4 Å². The molecule has 114 valence electrons. The number of nitrogens with one attached hydrogen (secondary N) is 1. The summed E-state index contributed by atoms with van der Waals surface area (Å²) in [6.45, 7) is 5.92. The van der Waals surface area contributed by atoms with Crippen molar-refractivity contribution in [3.63, 3.8) is 0 Å². The van der Waals surface area contributed by atoms with Crippen molar-refractivity contribution in [2.24, 2.45) is 0 Å². The fourth-order valence-corrected chi connectivity index (χ4v) is 2.49. The summed E-state index contributed by atoms with van der Waals surface area (Å²) >= 11 is 0. The number of hydrogen-bond donors (Lipinski definition) is 2. The first-order chi connectivity index (χ1) is 10.1. The van der Waals surface area contributed by atoms with Crippen LogP contribution in [0.4, 0.5) is 0 Å². The van der Waals surface area contributed by atoms with Crippen molar-refractivity contribution < 1.29 is 14.8 Å². The molecule has 0 radical (unpaired) electrons. The van der Waals surface area contributed by atoms with E-state index in [-0.39, 0.29) is 18.2 Å². The first-order valence-corrected chi connectivity index (χ1v) is 7.06. The molecule has 2 N–H and O–H groups in total. The molecule has 1 fully saturated rings. The Labute approximate surface area is 124 Å². The largest absolute Gasteiger partial charge is 0.297 e. The Balaban J connectivity index is 1.84. The van der Waals surface area contributed by atoms with Gasteiger partial charge in [0.15, 0.2) is 5.78 Å². The second-order valence-corrected chi connectivity index (χ2v) is 5.34. The third kappa shape index (κ3) is 4.63. The molecular formula is C15H21N3O3. The molecule has 0 aromatic heterocycles. The van der Waals surface area contributed by atoms with Gasteiger partial charge in [0.05, 0.1) is 6.54 Å². The zero-order chi connectivity index (χ0) is 15.2. The van der Waals surface area contributed by atoms with Crippen LogP contribution >= 0.6 is 0 Å². The summed E-state index contributed by atoms with van der Waals surface area (Å²) in [7, 11) is 0. The monoisotopic (exact) mass is 291 g/mol. The van der Waals surface area contributed by atoms with Gasteiger partial charge >= 0.3 is 0 Å². The summed E-state index contributed by atoms with van der Waals surface area (Å²) in [5.74, 6) is -0.297. The number of hydroxylamine groups is 1. The molecule has 21 heavy (non-hydrogen) atoms. The van der Waals surface area contributed by atoms with Crippen molar-refractivity contribution >= 4 is 11.7 Å². The number of rotatable bonds is 5. The highest BCUT2D eigenvalue weighted by atomic mass is 16.5. The number of carbonyl (C=O) groups is 2. The second kappa shape index (κ2) is 7.31. The lowest BCUT2D eigenvalue weighted by atomic mass is 10.1. The van der Waals surface area contributed by atoms with E-state index in [0.29, 0.717) is 0 Å². The van der Waals surface area contributed by atoms with Gasteiger partial charge in [-0.2, -0.15) is 0 Å². The maximum absolute atomic E-state index is 11.4. The topological polar surface area (TPSA) is 72.9 Å². The van der Waals surface area contributed by atoms with Gasteiger partial charge in [-0.3, -0.25) is 24.6 Å². The standard InChI is InChI=1S/C15H21N3O3/c1-12(19)14-4-2-3-13(9-14)10-17-5-7-18(8-6-17)11-15(20)16-21/h2-4,9,21H,5-8,10-11H2,1H3,(H,16,20). The van der Waals surface area contributed by atoms with Crippen LogP contribution in [0.15, 0.2) is 24.3 Å². The molecule has 1 heterocycles. The van der Waals surface area contributed by atoms with Crippen LogP contribution in [0.25, 0.3) is 0 Å². The zero-order valence-corrected chi connectivity index (χ0v) is 12.2. The summed E-state index contributed by atoms with van der Waals surface area (Å²) < 4.78 is 0. The van der Waals surface area contributed by atoms with Crippen LogP contribution < -0.4 is 5.48 Å². The number of carbonyl (C=O) groups excluding carboxylic acids is 2. The Morgan fingerprint density at radius 1 is 1.19 bits per heavy atom. The molecular weight excluding hydrogens is 270 g/mol. The van der Waals surface area contributed by atoms with E-state index in [4.69, 9.17) is 5.21 Å². The third-order valence-corrected chi connectivity index (χ3v) is 3.70. The van der Waals surface area contributed by atoms with Crippen LogP contribution in [0.1, 0.15) is 22.8 Å². The van der Waals surface area contributed by atoms with E-state index >= 15 is 0 Å². The van der Waals surface area contributed by atoms with Crippen molar-refractivity contribution in [3.05, 3.63) is 35.4 Å². The lowest BCUT2D eigenvalue weighted by molar-refractivity contribution is -0.130. The summed E-state index contributed by atoms with van der Waals surface area (Å²) in [4.78, 5) is 26.8. The number of Topliss-reactive ketones (excluding diaryl/α,β-unsaturated/α-hetero) is 1. The molecule has 1 aromatic carbocycles. The summed E-state index contributed by atoms with van der Waals surface area (Å²) in [5, 5.41) is 8.52.